The van der Waals surface area contributed by atoms with Gasteiger partial charge in [0.25, 0.3) is 0 Å². The van der Waals surface area contributed by atoms with Gasteiger partial charge in [0, 0.05) is 18.8 Å². The highest BCUT2D eigenvalue weighted by atomic mass is 16.5. The van der Waals surface area contributed by atoms with Crippen molar-refractivity contribution in [3.63, 3.8) is 0 Å². The first-order valence-corrected chi connectivity index (χ1v) is 10.0. The topological polar surface area (TPSA) is 58.6 Å². The summed E-state index contributed by atoms with van der Waals surface area (Å²) in [5, 5.41) is 2.91. The molecule has 148 valence electrons. The van der Waals surface area contributed by atoms with Crippen molar-refractivity contribution in [3.8, 4) is 5.75 Å². The third-order valence-corrected chi connectivity index (χ3v) is 4.90. The number of hydrogen-bond acceptors (Lipinski definition) is 3. The third-order valence-electron chi connectivity index (χ3n) is 4.90. The number of nitrogens with zero attached hydrogens (tertiary/aromatic N) is 1. The fourth-order valence-electron chi connectivity index (χ4n) is 3.40. The number of likely N-dealkylation sites (tertiary alicyclic amines) is 1. The molecule has 2 aromatic rings. The van der Waals surface area contributed by atoms with Crippen molar-refractivity contribution in [1.29, 1.82) is 0 Å². The number of hydrogen-bond donors (Lipinski definition) is 1. The summed E-state index contributed by atoms with van der Waals surface area (Å²) in [6.45, 7) is 4.31. The monoisotopic (exact) mass is 380 g/mol. The minimum Gasteiger partial charge on any atom is -0.494 e. The largest absolute Gasteiger partial charge is 0.494 e. The second-order valence-electron chi connectivity index (χ2n) is 7.12. The van der Waals surface area contributed by atoms with Crippen LogP contribution in [0.3, 0.4) is 0 Å². The zero-order valence-corrected chi connectivity index (χ0v) is 16.4. The maximum Gasteiger partial charge on any atom is 0.228 e. The molecule has 0 bridgehead atoms. The van der Waals surface area contributed by atoms with E-state index in [1.807, 2.05) is 60.4 Å². The van der Waals surface area contributed by atoms with Crippen LogP contribution in [0.15, 0.2) is 48.5 Å². The minimum atomic E-state index is -0.0682. The van der Waals surface area contributed by atoms with Gasteiger partial charge in [-0.2, -0.15) is 0 Å². The van der Waals surface area contributed by atoms with E-state index in [1.54, 1.807) is 0 Å². The summed E-state index contributed by atoms with van der Waals surface area (Å²) in [5.74, 6) is 0.926. The zero-order valence-electron chi connectivity index (χ0n) is 16.4. The first kappa shape index (κ1) is 19.9. The van der Waals surface area contributed by atoms with Crippen LogP contribution in [0, 0.1) is 0 Å². The molecule has 1 heterocycles. The molecule has 28 heavy (non-hydrogen) atoms. The van der Waals surface area contributed by atoms with Gasteiger partial charge in [0.1, 0.15) is 5.75 Å². The molecule has 0 unspecified atom stereocenters. The molecule has 1 saturated heterocycles. The number of carbonyl (C=O) groups is 2. The van der Waals surface area contributed by atoms with E-state index >= 15 is 0 Å². The third kappa shape index (κ3) is 5.84. The molecule has 2 aromatic carbocycles. The molecule has 0 aromatic heterocycles. The van der Waals surface area contributed by atoms with Gasteiger partial charge in [-0.05, 0) is 61.6 Å². The van der Waals surface area contributed by atoms with Crippen molar-refractivity contribution in [2.24, 2.45) is 0 Å². The van der Waals surface area contributed by atoms with Gasteiger partial charge in [-0.3, -0.25) is 9.59 Å². The molecule has 0 saturated carbocycles. The van der Waals surface area contributed by atoms with E-state index in [1.165, 1.54) is 6.42 Å². The average Bonchev–Trinajstić information content (AvgIpc) is 2.72. The van der Waals surface area contributed by atoms with Crippen LogP contribution in [-0.2, 0) is 22.4 Å². The van der Waals surface area contributed by atoms with Gasteiger partial charge in [0.15, 0.2) is 0 Å². The Kier molecular flexibility index (Phi) is 7.06. The van der Waals surface area contributed by atoms with Crippen molar-refractivity contribution >= 4 is 17.5 Å². The minimum absolute atomic E-state index is 0.0682. The summed E-state index contributed by atoms with van der Waals surface area (Å²) < 4.78 is 5.41. The Morgan fingerprint density at radius 2 is 1.50 bits per heavy atom. The van der Waals surface area contributed by atoms with Crippen LogP contribution in [0.2, 0.25) is 0 Å². The summed E-state index contributed by atoms with van der Waals surface area (Å²) in [7, 11) is 0. The van der Waals surface area contributed by atoms with Gasteiger partial charge in [-0.25, -0.2) is 0 Å². The highest BCUT2D eigenvalue weighted by Gasteiger charge is 2.16. The molecular formula is C23H28N2O3. The second-order valence-corrected chi connectivity index (χ2v) is 7.12. The fraction of sp³-hybridized carbons (Fsp3) is 0.391. The Morgan fingerprint density at radius 3 is 2.14 bits per heavy atom. The van der Waals surface area contributed by atoms with Crippen LogP contribution in [0.4, 0.5) is 5.69 Å². The number of carbonyl (C=O) groups excluding carboxylic acids is 2. The van der Waals surface area contributed by atoms with E-state index in [0.29, 0.717) is 19.4 Å². The molecule has 2 amide bonds. The van der Waals surface area contributed by atoms with Crippen LogP contribution < -0.4 is 10.1 Å². The van der Waals surface area contributed by atoms with Crippen molar-refractivity contribution in [1.82, 2.24) is 4.90 Å². The van der Waals surface area contributed by atoms with Gasteiger partial charge in [0.05, 0.1) is 19.4 Å². The highest BCUT2D eigenvalue weighted by molar-refractivity contribution is 5.92. The standard InChI is InChI=1S/C23H28N2O3/c1-2-28-21-12-8-18(9-13-21)16-22(26)24-20-10-6-19(7-11-20)17-23(27)25-14-4-3-5-15-25/h6-13H,2-5,14-17H2,1H3,(H,24,26). The van der Waals surface area contributed by atoms with Crippen molar-refractivity contribution in [2.75, 3.05) is 25.0 Å². The normalized spacial score (nSPS) is 13.8. The maximum atomic E-state index is 12.3. The Morgan fingerprint density at radius 1 is 0.893 bits per heavy atom. The number of rotatable bonds is 7. The molecule has 1 N–H and O–H groups in total. The Balaban J connectivity index is 1.49. The predicted molar refractivity (Wildman–Crippen MR) is 111 cm³/mol. The molecule has 1 fully saturated rings. The predicted octanol–water partition coefficient (Wildman–Crippen LogP) is 3.82. The van der Waals surface area contributed by atoms with Crippen molar-refractivity contribution in [3.05, 3.63) is 59.7 Å². The lowest BCUT2D eigenvalue weighted by atomic mass is 10.1. The molecule has 0 radical (unpaired) electrons. The highest BCUT2D eigenvalue weighted by Crippen LogP contribution is 2.15. The fourth-order valence-corrected chi connectivity index (χ4v) is 3.40. The molecule has 1 aliphatic heterocycles. The molecular weight excluding hydrogens is 352 g/mol. The van der Waals surface area contributed by atoms with E-state index in [9.17, 15) is 9.59 Å². The van der Waals surface area contributed by atoms with Gasteiger partial charge in [0.2, 0.25) is 11.8 Å². The van der Waals surface area contributed by atoms with Gasteiger partial charge >= 0.3 is 0 Å². The number of nitrogens with one attached hydrogen (secondary N) is 1. The first-order valence-electron chi connectivity index (χ1n) is 10.0. The lowest BCUT2D eigenvalue weighted by molar-refractivity contribution is -0.131. The van der Waals surface area contributed by atoms with Crippen LogP contribution in [0.25, 0.3) is 0 Å². The van der Waals surface area contributed by atoms with E-state index in [-0.39, 0.29) is 11.8 Å². The quantitative estimate of drug-likeness (QED) is 0.794. The Hall–Kier alpha value is -2.82. The van der Waals surface area contributed by atoms with Crippen LogP contribution >= 0.6 is 0 Å². The molecule has 1 aliphatic rings. The van der Waals surface area contributed by atoms with Crippen LogP contribution in [0.1, 0.15) is 37.3 Å². The molecule has 5 nitrogen and oxygen atoms in total. The summed E-state index contributed by atoms with van der Waals surface area (Å²) in [6, 6.07) is 15.1. The Bertz CT molecular complexity index is 778. The molecule has 0 atom stereocenters. The van der Waals surface area contributed by atoms with E-state index in [2.05, 4.69) is 5.32 Å². The number of anilines is 1. The number of ether oxygens (including phenoxy) is 1. The van der Waals surface area contributed by atoms with Gasteiger partial charge in [-0.1, -0.05) is 24.3 Å². The molecule has 0 spiro atoms. The lowest BCUT2D eigenvalue weighted by Gasteiger charge is -2.26. The van der Waals surface area contributed by atoms with Crippen LogP contribution in [0.5, 0.6) is 5.75 Å². The summed E-state index contributed by atoms with van der Waals surface area (Å²) in [6.07, 6.45) is 4.15. The second kappa shape index (κ2) is 9.93. The van der Waals surface area contributed by atoms with Crippen LogP contribution in [-0.4, -0.2) is 36.4 Å². The Labute approximate surface area is 166 Å². The molecule has 5 heteroatoms. The number of amides is 2. The van der Waals surface area contributed by atoms with Gasteiger partial charge in [-0.15, -0.1) is 0 Å². The number of benzene rings is 2. The maximum absolute atomic E-state index is 12.3. The summed E-state index contributed by atoms with van der Waals surface area (Å²) in [4.78, 5) is 26.6. The van der Waals surface area contributed by atoms with E-state index in [4.69, 9.17) is 4.74 Å². The number of piperidine rings is 1. The zero-order chi connectivity index (χ0) is 19.8. The van der Waals surface area contributed by atoms with Gasteiger partial charge < -0.3 is 15.0 Å². The van der Waals surface area contributed by atoms with Crippen molar-refractivity contribution < 1.29 is 14.3 Å². The summed E-state index contributed by atoms with van der Waals surface area (Å²) >= 11 is 0. The molecule has 0 aliphatic carbocycles. The van der Waals surface area contributed by atoms with E-state index < -0.39 is 0 Å². The van der Waals surface area contributed by atoms with E-state index in [0.717, 1.165) is 48.5 Å². The average molecular weight is 380 g/mol. The molecule has 3 rings (SSSR count). The first-order chi connectivity index (χ1) is 13.6. The smallest absolute Gasteiger partial charge is 0.228 e. The van der Waals surface area contributed by atoms with Crippen molar-refractivity contribution in [2.45, 2.75) is 39.0 Å². The SMILES string of the molecule is CCOc1ccc(CC(=O)Nc2ccc(CC(=O)N3CCCCC3)cc2)cc1. The summed E-state index contributed by atoms with van der Waals surface area (Å²) in [5.41, 5.74) is 2.65. The lowest BCUT2D eigenvalue weighted by Crippen LogP contribution is -2.36.